The Morgan fingerprint density at radius 2 is 2.00 bits per heavy atom. The number of hydrogen-bond acceptors (Lipinski definition) is 7. The SMILES string of the molecule is CNc1nc(-c2cncc(C)c2)nc(-n2cncn2)n1. The van der Waals surface area contributed by atoms with Crippen molar-refractivity contribution in [3.8, 4) is 17.3 Å². The molecular weight excluding hydrogens is 256 g/mol. The van der Waals surface area contributed by atoms with Crippen LogP contribution in [0.1, 0.15) is 5.56 Å². The first-order valence-electron chi connectivity index (χ1n) is 5.97. The van der Waals surface area contributed by atoms with E-state index in [0.29, 0.717) is 17.7 Å². The van der Waals surface area contributed by atoms with Gasteiger partial charge < -0.3 is 5.32 Å². The van der Waals surface area contributed by atoms with Crippen LogP contribution in [0.3, 0.4) is 0 Å². The molecule has 0 aliphatic carbocycles. The van der Waals surface area contributed by atoms with Crippen LogP contribution in [0.4, 0.5) is 5.95 Å². The predicted molar refractivity (Wildman–Crippen MR) is 72.3 cm³/mol. The van der Waals surface area contributed by atoms with E-state index in [1.54, 1.807) is 19.4 Å². The van der Waals surface area contributed by atoms with Crippen molar-refractivity contribution in [1.82, 2.24) is 34.7 Å². The minimum absolute atomic E-state index is 0.401. The number of aromatic nitrogens is 7. The van der Waals surface area contributed by atoms with E-state index < -0.39 is 0 Å². The summed E-state index contributed by atoms with van der Waals surface area (Å²) < 4.78 is 1.48. The summed E-state index contributed by atoms with van der Waals surface area (Å²) in [5, 5.41) is 6.93. The molecule has 0 saturated carbocycles. The fourth-order valence-electron chi connectivity index (χ4n) is 1.70. The van der Waals surface area contributed by atoms with Crippen molar-refractivity contribution in [3.05, 3.63) is 36.7 Å². The molecule has 3 aromatic heterocycles. The molecule has 20 heavy (non-hydrogen) atoms. The van der Waals surface area contributed by atoms with Gasteiger partial charge in [-0.1, -0.05) is 0 Å². The molecular formula is C12H12N8. The summed E-state index contributed by atoms with van der Waals surface area (Å²) >= 11 is 0. The third-order valence-corrected chi connectivity index (χ3v) is 2.60. The Hall–Kier alpha value is -2.90. The quantitative estimate of drug-likeness (QED) is 0.752. The lowest BCUT2D eigenvalue weighted by Crippen LogP contribution is -2.08. The smallest absolute Gasteiger partial charge is 0.257 e. The van der Waals surface area contributed by atoms with E-state index >= 15 is 0 Å². The van der Waals surface area contributed by atoms with Crippen LogP contribution in [-0.4, -0.2) is 41.7 Å². The monoisotopic (exact) mass is 268 g/mol. The van der Waals surface area contributed by atoms with Crippen LogP contribution in [0.2, 0.25) is 0 Å². The first-order valence-corrected chi connectivity index (χ1v) is 5.97. The first kappa shape index (κ1) is 12.2. The Morgan fingerprint density at radius 1 is 1.10 bits per heavy atom. The number of nitrogens with zero attached hydrogens (tertiary/aromatic N) is 7. The molecule has 0 atom stereocenters. The van der Waals surface area contributed by atoms with E-state index in [1.165, 1.54) is 17.3 Å². The lowest BCUT2D eigenvalue weighted by Gasteiger charge is -2.06. The number of aryl methyl sites for hydroxylation is 1. The zero-order chi connectivity index (χ0) is 13.9. The largest absolute Gasteiger partial charge is 0.357 e. The standard InChI is InChI=1S/C12H12N8/c1-8-3-9(5-14-4-8)10-17-11(13-2)19-12(18-10)20-7-15-6-16-20/h3-7H,1-2H3,(H,13,17,18,19). The van der Waals surface area contributed by atoms with Gasteiger partial charge in [0.05, 0.1) is 0 Å². The number of pyridine rings is 1. The lowest BCUT2D eigenvalue weighted by molar-refractivity contribution is 0.798. The molecule has 3 aromatic rings. The molecule has 8 nitrogen and oxygen atoms in total. The van der Waals surface area contributed by atoms with E-state index in [4.69, 9.17) is 0 Å². The molecule has 0 fully saturated rings. The normalized spacial score (nSPS) is 10.5. The van der Waals surface area contributed by atoms with Crippen LogP contribution in [0.5, 0.6) is 0 Å². The average molecular weight is 268 g/mol. The molecule has 0 spiro atoms. The average Bonchev–Trinajstić information content (AvgIpc) is 3.01. The van der Waals surface area contributed by atoms with Gasteiger partial charge in [-0.2, -0.15) is 24.7 Å². The molecule has 0 bridgehead atoms. The van der Waals surface area contributed by atoms with Gasteiger partial charge in [0.2, 0.25) is 5.95 Å². The summed E-state index contributed by atoms with van der Waals surface area (Å²) in [6.45, 7) is 1.97. The molecule has 0 aliphatic rings. The lowest BCUT2D eigenvalue weighted by atomic mass is 10.2. The highest BCUT2D eigenvalue weighted by Crippen LogP contribution is 2.17. The molecule has 0 unspecified atom stereocenters. The van der Waals surface area contributed by atoms with Crippen molar-refractivity contribution in [3.63, 3.8) is 0 Å². The van der Waals surface area contributed by atoms with Gasteiger partial charge >= 0.3 is 0 Å². The van der Waals surface area contributed by atoms with Gasteiger partial charge in [0, 0.05) is 25.0 Å². The molecule has 0 amide bonds. The topological polar surface area (TPSA) is 94.3 Å². The highest BCUT2D eigenvalue weighted by atomic mass is 15.4. The summed E-state index contributed by atoms with van der Waals surface area (Å²) in [5.74, 6) is 1.39. The number of anilines is 1. The van der Waals surface area contributed by atoms with Crippen molar-refractivity contribution in [2.24, 2.45) is 0 Å². The van der Waals surface area contributed by atoms with Gasteiger partial charge in [0.25, 0.3) is 5.95 Å². The van der Waals surface area contributed by atoms with Gasteiger partial charge in [-0.05, 0) is 18.6 Å². The van der Waals surface area contributed by atoms with Crippen molar-refractivity contribution in [2.75, 3.05) is 12.4 Å². The molecule has 3 heterocycles. The molecule has 100 valence electrons. The molecule has 1 N–H and O–H groups in total. The van der Waals surface area contributed by atoms with Gasteiger partial charge in [0.1, 0.15) is 12.7 Å². The maximum atomic E-state index is 4.39. The van der Waals surface area contributed by atoms with Crippen molar-refractivity contribution in [1.29, 1.82) is 0 Å². The number of hydrogen-bond donors (Lipinski definition) is 1. The third-order valence-electron chi connectivity index (χ3n) is 2.60. The maximum Gasteiger partial charge on any atom is 0.257 e. The van der Waals surface area contributed by atoms with E-state index in [2.05, 4.69) is 35.3 Å². The first-order chi connectivity index (χ1) is 9.76. The second-order valence-electron chi connectivity index (χ2n) is 4.12. The molecule has 0 aromatic carbocycles. The Kier molecular flexibility index (Phi) is 3.04. The maximum absolute atomic E-state index is 4.39. The van der Waals surface area contributed by atoms with Gasteiger partial charge in [-0.15, -0.1) is 0 Å². The van der Waals surface area contributed by atoms with Crippen LogP contribution in [0, 0.1) is 6.92 Å². The second kappa shape index (κ2) is 5.00. The number of nitrogens with one attached hydrogen (secondary N) is 1. The van der Waals surface area contributed by atoms with E-state index in [1.807, 2.05) is 13.0 Å². The summed E-state index contributed by atoms with van der Waals surface area (Å²) in [7, 11) is 1.75. The molecule has 8 heteroatoms. The summed E-state index contributed by atoms with van der Waals surface area (Å²) in [4.78, 5) is 21.0. The Labute approximate surface area is 115 Å². The fourth-order valence-corrected chi connectivity index (χ4v) is 1.70. The van der Waals surface area contributed by atoms with E-state index in [9.17, 15) is 0 Å². The van der Waals surface area contributed by atoms with Crippen LogP contribution in [-0.2, 0) is 0 Å². The van der Waals surface area contributed by atoms with Gasteiger partial charge in [-0.25, -0.2) is 4.98 Å². The molecule has 0 saturated heterocycles. The Bertz CT molecular complexity index is 722. The van der Waals surface area contributed by atoms with Crippen LogP contribution in [0.25, 0.3) is 17.3 Å². The van der Waals surface area contributed by atoms with Crippen LogP contribution < -0.4 is 5.32 Å². The highest BCUT2D eigenvalue weighted by Gasteiger charge is 2.10. The fraction of sp³-hybridized carbons (Fsp3) is 0.167. The Morgan fingerprint density at radius 3 is 2.70 bits per heavy atom. The summed E-state index contributed by atoms with van der Waals surface area (Å²) in [6.07, 6.45) is 6.46. The molecule has 0 aliphatic heterocycles. The summed E-state index contributed by atoms with van der Waals surface area (Å²) in [5.41, 5.74) is 1.86. The predicted octanol–water partition coefficient (Wildman–Crippen LogP) is 0.864. The second-order valence-corrected chi connectivity index (χ2v) is 4.12. The third kappa shape index (κ3) is 2.30. The summed E-state index contributed by atoms with van der Waals surface area (Å²) in [6, 6.07) is 1.97. The minimum atomic E-state index is 0.401. The minimum Gasteiger partial charge on any atom is -0.357 e. The molecule has 3 rings (SSSR count). The number of rotatable bonds is 3. The zero-order valence-electron chi connectivity index (χ0n) is 11.0. The highest BCUT2D eigenvalue weighted by molar-refractivity contribution is 5.56. The van der Waals surface area contributed by atoms with E-state index in [-0.39, 0.29) is 0 Å². The Balaban J connectivity index is 2.14. The molecule has 0 radical (unpaired) electrons. The van der Waals surface area contributed by atoms with Crippen molar-refractivity contribution in [2.45, 2.75) is 6.92 Å². The van der Waals surface area contributed by atoms with Crippen molar-refractivity contribution < 1.29 is 0 Å². The van der Waals surface area contributed by atoms with E-state index in [0.717, 1.165) is 11.1 Å². The van der Waals surface area contributed by atoms with Gasteiger partial charge in [0.15, 0.2) is 5.82 Å². The van der Waals surface area contributed by atoms with Crippen LogP contribution >= 0.6 is 0 Å². The van der Waals surface area contributed by atoms with Gasteiger partial charge in [-0.3, -0.25) is 4.98 Å². The zero-order valence-corrected chi connectivity index (χ0v) is 11.0. The van der Waals surface area contributed by atoms with Crippen molar-refractivity contribution >= 4 is 5.95 Å². The van der Waals surface area contributed by atoms with Crippen LogP contribution in [0.15, 0.2) is 31.1 Å².